The van der Waals surface area contributed by atoms with Crippen molar-refractivity contribution >= 4 is 11.9 Å². The smallest absolute Gasteiger partial charge is 0.336 e. The minimum atomic E-state index is -1.17. The third kappa shape index (κ3) is 2.45. The highest BCUT2D eigenvalue weighted by Crippen LogP contribution is 2.19. The second-order valence-electron chi connectivity index (χ2n) is 3.15. The molecule has 0 atom stereocenters. The van der Waals surface area contributed by atoms with E-state index in [0.29, 0.717) is 6.42 Å². The van der Waals surface area contributed by atoms with Crippen LogP contribution in [-0.2, 0) is 9.59 Å². The van der Waals surface area contributed by atoms with Crippen LogP contribution in [0.2, 0.25) is 0 Å². The van der Waals surface area contributed by atoms with Gasteiger partial charge in [0.15, 0.2) is 0 Å². The summed E-state index contributed by atoms with van der Waals surface area (Å²) in [4.78, 5) is 21.5. The van der Waals surface area contributed by atoms with Crippen molar-refractivity contribution in [3.63, 3.8) is 0 Å². The van der Waals surface area contributed by atoms with Crippen LogP contribution >= 0.6 is 0 Å². The Labute approximate surface area is 81.6 Å². The van der Waals surface area contributed by atoms with E-state index in [0.717, 1.165) is 19.3 Å². The van der Waals surface area contributed by atoms with Gasteiger partial charge < -0.3 is 10.2 Å². The molecule has 0 heterocycles. The number of allylic oxidation sites excluding steroid dienone is 1. The summed E-state index contributed by atoms with van der Waals surface area (Å²) in [6.07, 6.45) is 5.88. The maximum Gasteiger partial charge on any atom is 0.336 e. The van der Waals surface area contributed by atoms with Crippen molar-refractivity contribution in [3.05, 3.63) is 23.3 Å². The summed E-state index contributed by atoms with van der Waals surface area (Å²) in [5.74, 6) is -2.30. The van der Waals surface area contributed by atoms with E-state index in [9.17, 15) is 9.59 Å². The Morgan fingerprint density at radius 2 is 1.86 bits per heavy atom. The van der Waals surface area contributed by atoms with Crippen LogP contribution in [0, 0.1) is 0 Å². The first-order valence-electron chi connectivity index (χ1n) is 4.49. The van der Waals surface area contributed by atoms with Crippen molar-refractivity contribution in [2.24, 2.45) is 0 Å². The van der Waals surface area contributed by atoms with Gasteiger partial charge in [0.2, 0.25) is 0 Å². The lowest BCUT2D eigenvalue weighted by Crippen LogP contribution is -2.11. The van der Waals surface area contributed by atoms with Gasteiger partial charge >= 0.3 is 11.9 Å². The van der Waals surface area contributed by atoms with E-state index >= 15 is 0 Å². The van der Waals surface area contributed by atoms with Crippen molar-refractivity contribution in [1.29, 1.82) is 0 Å². The molecule has 0 bridgehead atoms. The predicted octanol–water partition coefficient (Wildman–Crippen LogP) is 1.58. The highest BCUT2D eigenvalue weighted by atomic mass is 16.4. The van der Waals surface area contributed by atoms with Gasteiger partial charge in [-0.2, -0.15) is 0 Å². The SMILES string of the molecule is O=C(O)C1=C(\C(=O)O)CCCC/C=C\1. The average Bonchev–Trinajstić information content (AvgIpc) is 2.01. The molecule has 76 valence electrons. The standard InChI is InChI=1S/C10H12O4/c11-9(12)7-5-3-1-2-4-6-8(7)10(13)14/h3,5H,1-2,4,6H2,(H,11,12)(H,13,14)/b5-3-,8-7-. The van der Waals surface area contributed by atoms with E-state index in [1.807, 2.05) is 0 Å². The molecule has 14 heavy (non-hydrogen) atoms. The van der Waals surface area contributed by atoms with Gasteiger partial charge in [-0.3, -0.25) is 0 Å². The molecule has 0 aromatic heterocycles. The number of aliphatic carboxylic acids is 2. The Kier molecular flexibility index (Phi) is 3.45. The molecule has 0 fully saturated rings. The third-order valence-corrected chi connectivity index (χ3v) is 2.15. The first kappa shape index (κ1) is 10.5. The van der Waals surface area contributed by atoms with E-state index in [1.165, 1.54) is 6.08 Å². The molecule has 2 N–H and O–H groups in total. The van der Waals surface area contributed by atoms with Gasteiger partial charge in [0.1, 0.15) is 0 Å². The molecule has 0 unspecified atom stereocenters. The van der Waals surface area contributed by atoms with E-state index in [1.54, 1.807) is 6.08 Å². The minimum Gasteiger partial charge on any atom is -0.478 e. The molecule has 1 rings (SSSR count). The fourth-order valence-corrected chi connectivity index (χ4v) is 1.42. The molecule has 4 heteroatoms. The van der Waals surface area contributed by atoms with Gasteiger partial charge in [-0.15, -0.1) is 0 Å². The average molecular weight is 196 g/mol. The molecule has 0 saturated carbocycles. The Balaban J connectivity index is 3.10. The monoisotopic (exact) mass is 196 g/mol. The Morgan fingerprint density at radius 1 is 1.14 bits per heavy atom. The summed E-state index contributed by atoms with van der Waals surface area (Å²) in [5.41, 5.74) is -0.0781. The van der Waals surface area contributed by atoms with Gasteiger partial charge in [-0.05, 0) is 25.7 Å². The third-order valence-electron chi connectivity index (χ3n) is 2.15. The molecular formula is C10H12O4. The number of carbonyl (C=O) groups is 2. The van der Waals surface area contributed by atoms with Crippen molar-refractivity contribution in [1.82, 2.24) is 0 Å². The quantitative estimate of drug-likeness (QED) is 0.703. The normalized spacial score (nSPS) is 24.9. The molecule has 4 nitrogen and oxygen atoms in total. The molecule has 0 spiro atoms. The Hall–Kier alpha value is -1.58. The van der Waals surface area contributed by atoms with Crippen LogP contribution in [0.5, 0.6) is 0 Å². The fraction of sp³-hybridized carbons (Fsp3) is 0.400. The lowest BCUT2D eigenvalue weighted by atomic mass is 9.98. The summed E-state index contributed by atoms with van der Waals surface area (Å²) >= 11 is 0. The second-order valence-corrected chi connectivity index (χ2v) is 3.15. The summed E-state index contributed by atoms with van der Waals surface area (Å²) in [7, 11) is 0. The van der Waals surface area contributed by atoms with E-state index in [2.05, 4.69) is 0 Å². The van der Waals surface area contributed by atoms with Crippen LogP contribution in [0.1, 0.15) is 25.7 Å². The largest absolute Gasteiger partial charge is 0.478 e. The lowest BCUT2D eigenvalue weighted by Gasteiger charge is -2.07. The zero-order valence-electron chi connectivity index (χ0n) is 7.69. The summed E-state index contributed by atoms with van der Waals surface area (Å²) < 4.78 is 0. The van der Waals surface area contributed by atoms with Gasteiger partial charge in [0.25, 0.3) is 0 Å². The van der Waals surface area contributed by atoms with Crippen LogP contribution in [-0.4, -0.2) is 22.2 Å². The summed E-state index contributed by atoms with van der Waals surface area (Å²) in [6, 6.07) is 0. The Morgan fingerprint density at radius 3 is 2.43 bits per heavy atom. The van der Waals surface area contributed by atoms with Gasteiger partial charge in [0, 0.05) is 0 Å². The van der Waals surface area contributed by atoms with Crippen molar-refractivity contribution in [2.45, 2.75) is 25.7 Å². The van der Waals surface area contributed by atoms with Crippen LogP contribution in [0.4, 0.5) is 0 Å². The highest BCUT2D eigenvalue weighted by molar-refractivity contribution is 6.00. The molecule has 0 radical (unpaired) electrons. The molecule has 0 aromatic carbocycles. The van der Waals surface area contributed by atoms with E-state index < -0.39 is 11.9 Å². The Bertz CT molecular complexity index is 312. The molecule has 0 saturated heterocycles. The van der Waals surface area contributed by atoms with Gasteiger partial charge in [-0.25, -0.2) is 9.59 Å². The molecule has 1 aliphatic carbocycles. The van der Waals surface area contributed by atoms with Crippen LogP contribution in [0.15, 0.2) is 23.3 Å². The van der Waals surface area contributed by atoms with Crippen molar-refractivity contribution in [2.75, 3.05) is 0 Å². The molecule has 0 aliphatic heterocycles. The second kappa shape index (κ2) is 4.60. The highest BCUT2D eigenvalue weighted by Gasteiger charge is 2.18. The number of hydrogen-bond acceptors (Lipinski definition) is 2. The van der Waals surface area contributed by atoms with Crippen LogP contribution < -0.4 is 0 Å². The number of rotatable bonds is 2. The number of hydrogen-bond donors (Lipinski definition) is 2. The van der Waals surface area contributed by atoms with Crippen molar-refractivity contribution < 1.29 is 19.8 Å². The van der Waals surface area contributed by atoms with Crippen LogP contribution in [0.3, 0.4) is 0 Å². The summed E-state index contributed by atoms with van der Waals surface area (Å²) in [5, 5.41) is 17.6. The van der Waals surface area contributed by atoms with Crippen molar-refractivity contribution in [3.8, 4) is 0 Å². The topological polar surface area (TPSA) is 74.6 Å². The zero-order valence-corrected chi connectivity index (χ0v) is 7.69. The van der Waals surface area contributed by atoms with Gasteiger partial charge in [0.05, 0.1) is 11.1 Å². The summed E-state index contributed by atoms with van der Waals surface area (Å²) in [6.45, 7) is 0. The zero-order chi connectivity index (χ0) is 10.6. The predicted molar refractivity (Wildman–Crippen MR) is 49.9 cm³/mol. The fourth-order valence-electron chi connectivity index (χ4n) is 1.42. The first-order valence-corrected chi connectivity index (χ1v) is 4.49. The van der Waals surface area contributed by atoms with E-state index in [-0.39, 0.29) is 11.1 Å². The molecule has 1 aliphatic rings. The number of carboxylic acid groups (broad SMARTS) is 2. The van der Waals surface area contributed by atoms with E-state index in [4.69, 9.17) is 10.2 Å². The molecule has 0 aromatic rings. The molecular weight excluding hydrogens is 184 g/mol. The lowest BCUT2D eigenvalue weighted by molar-refractivity contribution is -0.135. The number of carboxylic acids is 2. The minimum absolute atomic E-state index is 0.00782. The maximum atomic E-state index is 10.8. The molecule has 0 amide bonds. The van der Waals surface area contributed by atoms with Gasteiger partial charge in [-0.1, -0.05) is 12.2 Å². The van der Waals surface area contributed by atoms with Crippen LogP contribution in [0.25, 0.3) is 0 Å². The first-order chi connectivity index (χ1) is 6.63. The maximum absolute atomic E-state index is 10.8.